The number of benzene rings is 3. The van der Waals surface area contributed by atoms with Crippen LogP contribution in [0.25, 0.3) is 10.8 Å². The molecule has 22 heavy (non-hydrogen) atoms. The smallest absolute Gasteiger partial charge is 0.0410 e. The first-order valence-electron chi connectivity index (χ1n) is 7.37. The molecule has 0 radical (unpaired) electrons. The molecular formula is C19H19ClN2. The van der Waals surface area contributed by atoms with E-state index in [1.807, 2.05) is 32.3 Å². The van der Waals surface area contributed by atoms with E-state index in [-0.39, 0.29) is 0 Å². The van der Waals surface area contributed by atoms with Crippen LogP contribution in [0.5, 0.6) is 0 Å². The van der Waals surface area contributed by atoms with Gasteiger partial charge in [-0.1, -0.05) is 41.9 Å². The number of halogens is 1. The third kappa shape index (κ3) is 2.75. The maximum absolute atomic E-state index is 6.19. The average molecular weight is 311 g/mol. The van der Waals surface area contributed by atoms with Gasteiger partial charge in [0.25, 0.3) is 0 Å². The highest BCUT2D eigenvalue weighted by molar-refractivity contribution is 6.30. The lowest BCUT2D eigenvalue weighted by molar-refractivity contribution is 1.20. The first-order chi connectivity index (χ1) is 10.7. The molecule has 0 aromatic heterocycles. The number of fused-ring (bicyclic) bond motifs is 1. The Kier molecular flexibility index (Phi) is 4.21. The Hall–Kier alpha value is -2.19. The van der Waals surface area contributed by atoms with Crippen molar-refractivity contribution in [3.05, 3.63) is 70.7 Å². The topological polar surface area (TPSA) is 24.1 Å². The third-order valence-corrected chi connectivity index (χ3v) is 4.25. The second-order valence-corrected chi connectivity index (χ2v) is 5.73. The van der Waals surface area contributed by atoms with Gasteiger partial charge < -0.3 is 10.6 Å². The van der Waals surface area contributed by atoms with Gasteiger partial charge in [0.15, 0.2) is 0 Å². The first kappa shape index (κ1) is 14.7. The Balaban J connectivity index is 2.16. The van der Waals surface area contributed by atoms with E-state index in [1.54, 1.807) is 0 Å². The van der Waals surface area contributed by atoms with Crippen LogP contribution < -0.4 is 10.6 Å². The van der Waals surface area contributed by atoms with Gasteiger partial charge in [-0.15, -0.1) is 0 Å². The Labute approximate surface area is 136 Å². The summed E-state index contributed by atoms with van der Waals surface area (Å²) in [6, 6.07) is 18.8. The van der Waals surface area contributed by atoms with Crippen molar-refractivity contribution >= 4 is 33.7 Å². The number of hydrogen-bond donors (Lipinski definition) is 2. The highest BCUT2D eigenvalue weighted by Gasteiger charge is 2.10. The lowest BCUT2D eigenvalue weighted by Crippen LogP contribution is -2.01. The molecule has 3 aromatic rings. The molecule has 0 aliphatic rings. The summed E-state index contributed by atoms with van der Waals surface area (Å²) < 4.78 is 0. The van der Waals surface area contributed by atoms with Gasteiger partial charge in [-0.05, 0) is 46.2 Å². The number of nitrogens with one attached hydrogen (secondary N) is 2. The van der Waals surface area contributed by atoms with Crippen LogP contribution in [-0.2, 0) is 6.42 Å². The zero-order chi connectivity index (χ0) is 15.5. The third-order valence-electron chi connectivity index (χ3n) is 4.01. The Morgan fingerprint density at radius 3 is 2.36 bits per heavy atom. The molecule has 0 saturated heterocycles. The Morgan fingerprint density at radius 1 is 0.864 bits per heavy atom. The van der Waals surface area contributed by atoms with Gasteiger partial charge in [-0.2, -0.15) is 0 Å². The van der Waals surface area contributed by atoms with Crippen LogP contribution in [-0.4, -0.2) is 14.1 Å². The van der Waals surface area contributed by atoms with E-state index in [4.69, 9.17) is 11.6 Å². The summed E-state index contributed by atoms with van der Waals surface area (Å²) in [6.45, 7) is 0. The average Bonchev–Trinajstić information content (AvgIpc) is 2.55. The second-order valence-electron chi connectivity index (χ2n) is 5.29. The minimum absolute atomic E-state index is 0.764. The molecule has 3 aromatic carbocycles. The van der Waals surface area contributed by atoms with Gasteiger partial charge in [-0.3, -0.25) is 0 Å². The summed E-state index contributed by atoms with van der Waals surface area (Å²) in [6.07, 6.45) is 0.828. The largest absolute Gasteiger partial charge is 0.388 e. The highest BCUT2D eigenvalue weighted by Crippen LogP contribution is 2.31. The molecular weight excluding hydrogens is 292 g/mol. The van der Waals surface area contributed by atoms with Gasteiger partial charge in [0.1, 0.15) is 0 Å². The molecule has 112 valence electrons. The fraction of sp³-hybridized carbons (Fsp3) is 0.158. The van der Waals surface area contributed by atoms with Crippen LogP contribution >= 0.6 is 11.6 Å². The maximum Gasteiger partial charge on any atom is 0.0410 e. The molecule has 2 N–H and O–H groups in total. The van der Waals surface area contributed by atoms with Crippen molar-refractivity contribution in [3.63, 3.8) is 0 Å². The minimum atomic E-state index is 0.764. The zero-order valence-corrected chi connectivity index (χ0v) is 13.5. The Bertz CT molecular complexity index is 812. The van der Waals surface area contributed by atoms with Gasteiger partial charge >= 0.3 is 0 Å². The predicted octanol–water partition coefficient (Wildman–Crippen LogP) is 5.17. The number of hydrogen-bond acceptors (Lipinski definition) is 2. The molecule has 0 amide bonds. The zero-order valence-electron chi connectivity index (χ0n) is 12.8. The molecule has 3 rings (SSSR count). The molecule has 0 saturated carbocycles. The molecule has 3 heteroatoms. The summed E-state index contributed by atoms with van der Waals surface area (Å²) in [5.74, 6) is 0. The van der Waals surface area contributed by atoms with E-state index in [1.165, 1.54) is 21.9 Å². The Morgan fingerprint density at radius 2 is 1.59 bits per heavy atom. The quantitative estimate of drug-likeness (QED) is 0.695. The fourth-order valence-electron chi connectivity index (χ4n) is 2.90. The van der Waals surface area contributed by atoms with Gasteiger partial charge in [0.2, 0.25) is 0 Å². The lowest BCUT2D eigenvalue weighted by Gasteiger charge is -2.15. The molecule has 0 fully saturated rings. The molecule has 0 unspecified atom stereocenters. The summed E-state index contributed by atoms with van der Waals surface area (Å²) in [7, 11) is 3.90. The van der Waals surface area contributed by atoms with E-state index >= 15 is 0 Å². The summed E-state index contributed by atoms with van der Waals surface area (Å²) in [4.78, 5) is 0. The van der Waals surface area contributed by atoms with E-state index < -0.39 is 0 Å². The molecule has 0 aliphatic carbocycles. The highest BCUT2D eigenvalue weighted by atomic mass is 35.5. The monoisotopic (exact) mass is 310 g/mol. The minimum Gasteiger partial charge on any atom is -0.388 e. The molecule has 2 nitrogen and oxygen atoms in total. The van der Waals surface area contributed by atoms with E-state index in [9.17, 15) is 0 Å². The first-order valence-corrected chi connectivity index (χ1v) is 7.75. The molecule has 0 bridgehead atoms. The van der Waals surface area contributed by atoms with Crippen molar-refractivity contribution in [2.45, 2.75) is 6.42 Å². The van der Waals surface area contributed by atoms with E-state index in [0.717, 1.165) is 22.8 Å². The number of rotatable bonds is 4. The van der Waals surface area contributed by atoms with Crippen molar-refractivity contribution < 1.29 is 0 Å². The summed E-state index contributed by atoms with van der Waals surface area (Å²) >= 11 is 6.19. The van der Waals surface area contributed by atoms with Crippen LogP contribution in [0.2, 0.25) is 5.02 Å². The van der Waals surface area contributed by atoms with E-state index in [0.29, 0.717) is 0 Å². The SMILES string of the molecule is CNc1ccc(Cl)cc1Cc1c(NC)ccc2ccccc12. The lowest BCUT2D eigenvalue weighted by atomic mass is 9.95. The number of anilines is 2. The standard InChI is InChI=1S/C19H19ClN2/c1-21-18-10-8-15(20)11-14(18)12-17-16-6-4-3-5-13(16)7-9-19(17)22-2/h3-11,21-22H,12H2,1-2H3. The van der Waals surface area contributed by atoms with Gasteiger partial charge in [0, 0.05) is 36.9 Å². The molecule has 0 heterocycles. The van der Waals surface area contributed by atoms with Crippen LogP contribution in [0.1, 0.15) is 11.1 Å². The van der Waals surface area contributed by atoms with Crippen molar-refractivity contribution in [3.8, 4) is 0 Å². The molecule has 0 aliphatic heterocycles. The predicted molar refractivity (Wildman–Crippen MR) is 97.3 cm³/mol. The van der Waals surface area contributed by atoms with Crippen LogP contribution in [0.15, 0.2) is 54.6 Å². The van der Waals surface area contributed by atoms with Gasteiger partial charge in [0.05, 0.1) is 0 Å². The summed E-state index contributed by atoms with van der Waals surface area (Å²) in [5, 5.41) is 9.85. The van der Waals surface area contributed by atoms with Crippen molar-refractivity contribution in [2.75, 3.05) is 24.7 Å². The van der Waals surface area contributed by atoms with Gasteiger partial charge in [-0.25, -0.2) is 0 Å². The summed E-state index contributed by atoms with van der Waals surface area (Å²) in [5.41, 5.74) is 4.75. The van der Waals surface area contributed by atoms with Crippen LogP contribution in [0.4, 0.5) is 11.4 Å². The normalized spacial score (nSPS) is 10.7. The molecule has 0 spiro atoms. The maximum atomic E-state index is 6.19. The molecule has 0 atom stereocenters. The van der Waals surface area contributed by atoms with Crippen molar-refractivity contribution in [2.24, 2.45) is 0 Å². The second kappa shape index (κ2) is 6.29. The van der Waals surface area contributed by atoms with E-state index in [2.05, 4.69) is 47.0 Å². The fourth-order valence-corrected chi connectivity index (χ4v) is 3.10. The van der Waals surface area contributed by atoms with Crippen molar-refractivity contribution in [1.29, 1.82) is 0 Å². The van der Waals surface area contributed by atoms with Crippen LogP contribution in [0.3, 0.4) is 0 Å². The van der Waals surface area contributed by atoms with Crippen molar-refractivity contribution in [1.82, 2.24) is 0 Å². The van der Waals surface area contributed by atoms with Crippen LogP contribution in [0, 0.1) is 0 Å².